The lowest BCUT2D eigenvalue weighted by Gasteiger charge is -2.22. The zero-order valence-corrected chi connectivity index (χ0v) is 18.2. The van der Waals surface area contributed by atoms with Crippen LogP contribution in [0.2, 0.25) is 0 Å². The summed E-state index contributed by atoms with van der Waals surface area (Å²) in [5.74, 6) is -0.344. The van der Waals surface area contributed by atoms with E-state index in [2.05, 4.69) is 12.2 Å². The van der Waals surface area contributed by atoms with E-state index in [0.29, 0.717) is 6.61 Å². The molecule has 5 nitrogen and oxygen atoms in total. The minimum atomic E-state index is -0.637. The molecule has 0 aliphatic rings. The van der Waals surface area contributed by atoms with Gasteiger partial charge in [-0.15, -0.1) is 0 Å². The highest BCUT2D eigenvalue weighted by atomic mass is 16.6. The average molecular weight is 386 g/mol. The monoisotopic (exact) mass is 385 g/mol. The maximum atomic E-state index is 12.3. The number of rotatable bonds is 17. The molecule has 160 valence electrons. The molecule has 0 aliphatic heterocycles. The minimum absolute atomic E-state index is 0.0132. The van der Waals surface area contributed by atoms with Crippen molar-refractivity contribution in [3.8, 4) is 0 Å². The van der Waals surface area contributed by atoms with Crippen molar-refractivity contribution in [3.05, 3.63) is 0 Å². The molecule has 0 rings (SSSR count). The van der Waals surface area contributed by atoms with Gasteiger partial charge in [-0.1, -0.05) is 91.4 Å². The molecule has 0 spiro atoms. The molecule has 0 heterocycles. The Kier molecular flexibility index (Phi) is 17.3. The Hall–Kier alpha value is -1.26. The topological polar surface area (TPSA) is 64.6 Å². The SMILES string of the molecule is CCCCCCCCCCCCCOC(=O)C(NC(=O)OCC)C(C)CC. The summed E-state index contributed by atoms with van der Waals surface area (Å²) in [6, 6.07) is -0.637. The number of esters is 1. The van der Waals surface area contributed by atoms with Gasteiger partial charge in [0.15, 0.2) is 0 Å². The van der Waals surface area contributed by atoms with E-state index in [0.717, 1.165) is 19.3 Å². The third-order valence-electron chi connectivity index (χ3n) is 5.01. The number of unbranched alkanes of at least 4 members (excludes halogenated alkanes) is 10. The van der Waals surface area contributed by atoms with Crippen LogP contribution < -0.4 is 5.32 Å². The first-order chi connectivity index (χ1) is 13.1. The summed E-state index contributed by atoms with van der Waals surface area (Å²) in [6.45, 7) is 8.61. The van der Waals surface area contributed by atoms with Crippen LogP contribution in [0.15, 0.2) is 0 Å². The van der Waals surface area contributed by atoms with Gasteiger partial charge in [0.25, 0.3) is 0 Å². The highest BCUT2D eigenvalue weighted by Crippen LogP contribution is 2.12. The number of hydrogen-bond donors (Lipinski definition) is 1. The van der Waals surface area contributed by atoms with Gasteiger partial charge in [0.05, 0.1) is 13.2 Å². The van der Waals surface area contributed by atoms with Gasteiger partial charge in [0, 0.05) is 0 Å². The molecular formula is C22H43NO4. The Bertz CT molecular complexity index is 373. The highest BCUT2D eigenvalue weighted by molar-refractivity contribution is 5.81. The number of carbonyl (C=O) groups excluding carboxylic acids is 2. The van der Waals surface area contributed by atoms with Crippen molar-refractivity contribution < 1.29 is 19.1 Å². The van der Waals surface area contributed by atoms with Gasteiger partial charge in [0.1, 0.15) is 6.04 Å². The van der Waals surface area contributed by atoms with Crippen LogP contribution in [-0.4, -0.2) is 31.3 Å². The van der Waals surface area contributed by atoms with Gasteiger partial charge in [-0.25, -0.2) is 9.59 Å². The van der Waals surface area contributed by atoms with Crippen molar-refractivity contribution >= 4 is 12.1 Å². The molecular weight excluding hydrogens is 342 g/mol. The van der Waals surface area contributed by atoms with Crippen molar-refractivity contribution in [2.45, 2.75) is 111 Å². The molecule has 0 bridgehead atoms. The number of amides is 1. The fourth-order valence-electron chi connectivity index (χ4n) is 3.00. The van der Waals surface area contributed by atoms with Crippen LogP contribution in [0.1, 0.15) is 105 Å². The van der Waals surface area contributed by atoms with Gasteiger partial charge in [-0.2, -0.15) is 0 Å². The molecule has 5 heteroatoms. The lowest BCUT2D eigenvalue weighted by Crippen LogP contribution is -2.46. The average Bonchev–Trinajstić information content (AvgIpc) is 2.66. The van der Waals surface area contributed by atoms with Crippen LogP contribution in [0.3, 0.4) is 0 Å². The van der Waals surface area contributed by atoms with Crippen molar-refractivity contribution in [1.29, 1.82) is 0 Å². The number of nitrogens with one attached hydrogen (secondary N) is 1. The Morgan fingerprint density at radius 2 is 1.30 bits per heavy atom. The third kappa shape index (κ3) is 14.5. The summed E-state index contributed by atoms with van der Waals surface area (Å²) in [7, 11) is 0. The molecule has 0 saturated heterocycles. The minimum Gasteiger partial charge on any atom is -0.464 e. The second-order valence-electron chi connectivity index (χ2n) is 7.43. The molecule has 0 aliphatic carbocycles. The molecule has 0 aromatic heterocycles. The number of alkyl carbamates (subject to hydrolysis) is 1. The second-order valence-corrected chi connectivity index (χ2v) is 7.43. The van der Waals surface area contributed by atoms with E-state index in [1.807, 2.05) is 13.8 Å². The van der Waals surface area contributed by atoms with Gasteiger partial charge < -0.3 is 14.8 Å². The first-order valence-electron chi connectivity index (χ1n) is 11.2. The number of ether oxygens (including phenoxy) is 2. The standard InChI is InChI=1S/C22H43NO4/c1-5-8-9-10-11-12-13-14-15-16-17-18-27-21(24)20(19(4)6-2)23-22(25)26-7-3/h19-20H,5-18H2,1-4H3,(H,23,25). The molecule has 27 heavy (non-hydrogen) atoms. The Morgan fingerprint density at radius 3 is 1.78 bits per heavy atom. The fraction of sp³-hybridized carbons (Fsp3) is 0.909. The van der Waals surface area contributed by atoms with Crippen LogP contribution in [0.4, 0.5) is 4.79 Å². The van der Waals surface area contributed by atoms with Crippen LogP contribution in [0.5, 0.6) is 0 Å². The van der Waals surface area contributed by atoms with E-state index < -0.39 is 12.1 Å². The van der Waals surface area contributed by atoms with E-state index >= 15 is 0 Å². The highest BCUT2D eigenvalue weighted by Gasteiger charge is 2.27. The van der Waals surface area contributed by atoms with Crippen molar-refractivity contribution in [2.75, 3.05) is 13.2 Å². The van der Waals surface area contributed by atoms with E-state index in [-0.39, 0.29) is 18.5 Å². The molecule has 0 fully saturated rings. The van der Waals surface area contributed by atoms with E-state index in [1.54, 1.807) is 6.92 Å². The molecule has 1 amide bonds. The first kappa shape index (κ1) is 25.7. The maximum Gasteiger partial charge on any atom is 0.407 e. The van der Waals surface area contributed by atoms with Crippen molar-refractivity contribution in [3.63, 3.8) is 0 Å². The number of carbonyl (C=O) groups is 2. The predicted octanol–water partition coefficient (Wildman–Crippen LogP) is 6.00. The van der Waals surface area contributed by atoms with E-state index in [9.17, 15) is 9.59 Å². The van der Waals surface area contributed by atoms with Crippen molar-refractivity contribution in [2.24, 2.45) is 5.92 Å². The fourth-order valence-corrected chi connectivity index (χ4v) is 3.00. The first-order valence-corrected chi connectivity index (χ1v) is 11.2. The summed E-state index contributed by atoms with van der Waals surface area (Å²) >= 11 is 0. The van der Waals surface area contributed by atoms with Crippen LogP contribution in [-0.2, 0) is 14.3 Å². The Labute approximate surface area is 167 Å². The maximum absolute atomic E-state index is 12.3. The predicted molar refractivity (Wildman–Crippen MR) is 111 cm³/mol. The molecule has 2 atom stereocenters. The summed E-state index contributed by atoms with van der Waals surface area (Å²) in [6.07, 6.45) is 14.1. The largest absolute Gasteiger partial charge is 0.464 e. The van der Waals surface area contributed by atoms with Gasteiger partial charge >= 0.3 is 12.1 Å². The Morgan fingerprint density at radius 1 is 0.778 bits per heavy atom. The van der Waals surface area contributed by atoms with E-state index in [1.165, 1.54) is 57.8 Å². The summed E-state index contributed by atoms with van der Waals surface area (Å²) in [5.41, 5.74) is 0. The lowest BCUT2D eigenvalue weighted by molar-refractivity contribution is -0.147. The smallest absolute Gasteiger partial charge is 0.407 e. The summed E-state index contributed by atoms with van der Waals surface area (Å²) in [5, 5.41) is 2.63. The molecule has 2 unspecified atom stereocenters. The van der Waals surface area contributed by atoms with Gasteiger partial charge in [0.2, 0.25) is 0 Å². The second kappa shape index (κ2) is 18.1. The Balaban J connectivity index is 3.78. The van der Waals surface area contributed by atoms with Crippen molar-refractivity contribution in [1.82, 2.24) is 5.32 Å². The number of hydrogen-bond acceptors (Lipinski definition) is 4. The zero-order chi connectivity index (χ0) is 20.3. The van der Waals surface area contributed by atoms with Crippen LogP contribution in [0.25, 0.3) is 0 Å². The van der Waals surface area contributed by atoms with Gasteiger partial charge in [-0.05, 0) is 19.3 Å². The quantitative estimate of drug-likeness (QED) is 0.246. The zero-order valence-electron chi connectivity index (χ0n) is 18.2. The molecule has 1 N–H and O–H groups in total. The molecule has 0 radical (unpaired) electrons. The van der Waals surface area contributed by atoms with Crippen LogP contribution >= 0.6 is 0 Å². The third-order valence-corrected chi connectivity index (χ3v) is 5.01. The normalized spacial score (nSPS) is 13.0. The summed E-state index contributed by atoms with van der Waals surface area (Å²) in [4.78, 5) is 23.9. The molecule has 0 saturated carbocycles. The molecule has 0 aromatic carbocycles. The van der Waals surface area contributed by atoms with Crippen LogP contribution in [0, 0.1) is 5.92 Å². The van der Waals surface area contributed by atoms with E-state index in [4.69, 9.17) is 9.47 Å². The van der Waals surface area contributed by atoms with Gasteiger partial charge in [-0.3, -0.25) is 0 Å². The summed E-state index contributed by atoms with van der Waals surface area (Å²) < 4.78 is 10.3. The lowest BCUT2D eigenvalue weighted by atomic mass is 9.99. The molecule has 0 aromatic rings.